The Kier molecular flexibility index (Phi) is 4.15. The van der Waals surface area contributed by atoms with Crippen molar-refractivity contribution in [1.29, 1.82) is 0 Å². The molecule has 19 heavy (non-hydrogen) atoms. The maximum absolute atomic E-state index is 11.5. The van der Waals surface area contributed by atoms with Gasteiger partial charge in [-0.3, -0.25) is 5.10 Å². The summed E-state index contributed by atoms with van der Waals surface area (Å²) in [6.07, 6.45) is 0.381. The summed E-state index contributed by atoms with van der Waals surface area (Å²) < 4.78 is 27.7. The first-order chi connectivity index (χ1) is 9.00. The molecule has 106 valence electrons. The van der Waals surface area contributed by atoms with E-state index in [2.05, 4.69) is 20.5 Å². The predicted octanol–water partition coefficient (Wildman–Crippen LogP) is -1.09. The number of carbonyl (C=O) groups is 1. The molecule has 1 aliphatic heterocycles. The van der Waals surface area contributed by atoms with Gasteiger partial charge in [-0.1, -0.05) is 0 Å². The molecule has 0 radical (unpaired) electrons. The van der Waals surface area contributed by atoms with Crippen LogP contribution < -0.4 is 5.32 Å². The number of hydrogen-bond donors (Lipinski definition) is 2. The van der Waals surface area contributed by atoms with Crippen LogP contribution in [-0.2, 0) is 21.0 Å². The van der Waals surface area contributed by atoms with E-state index in [9.17, 15) is 13.2 Å². The van der Waals surface area contributed by atoms with Gasteiger partial charge >= 0.3 is 5.97 Å². The van der Waals surface area contributed by atoms with E-state index >= 15 is 0 Å². The van der Waals surface area contributed by atoms with Crippen molar-refractivity contribution in [3.8, 4) is 0 Å². The number of nitrogens with zero attached hydrogens (tertiary/aromatic N) is 2. The Hall–Kier alpha value is -1.48. The lowest BCUT2D eigenvalue weighted by atomic mass is 10.2. The molecule has 2 rings (SSSR count). The maximum Gasteiger partial charge on any atom is 0.378 e. The van der Waals surface area contributed by atoms with Gasteiger partial charge in [0.25, 0.3) is 5.82 Å². The molecule has 1 unspecified atom stereocenters. The van der Waals surface area contributed by atoms with Crippen molar-refractivity contribution in [2.24, 2.45) is 0 Å². The van der Waals surface area contributed by atoms with Gasteiger partial charge in [-0.2, -0.15) is 0 Å². The zero-order valence-electron chi connectivity index (χ0n) is 10.5. The van der Waals surface area contributed by atoms with E-state index in [4.69, 9.17) is 4.74 Å². The number of esters is 1. The van der Waals surface area contributed by atoms with Crippen molar-refractivity contribution in [3.05, 3.63) is 11.6 Å². The molecule has 8 nitrogen and oxygen atoms in total. The second kappa shape index (κ2) is 5.66. The Morgan fingerprint density at radius 3 is 3.00 bits per heavy atom. The molecule has 1 fully saturated rings. The maximum atomic E-state index is 11.5. The first kappa shape index (κ1) is 13.9. The summed E-state index contributed by atoms with van der Waals surface area (Å²) in [4.78, 5) is 15.4. The standard InChI is InChI=1S/C10H16N4O4S/c1-2-18-10(15)9-12-8(13-14-9)5-7-6-19(16,17)4-3-11-7/h7,11H,2-6H2,1H3,(H,12,13,14). The highest BCUT2D eigenvalue weighted by Gasteiger charge is 2.25. The zero-order chi connectivity index (χ0) is 13.9. The van der Waals surface area contributed by atoms with Crippen LogP contribution in [0.2, 0.25) is 0 Å². The zero-order valence-corrected chi connectivity index (χ0v) is 11.4. The van der Waals surface area contributed by atoms with E-state index in [1.165, 1.54) is 0 Å². The van der Waals surface area contributed by atoms with E-state index in [1.54, 1.807) is 6.92 Å². The minimum Gasteiger partial charge on any atom is -0.460 e. The highest BCUT2D eigenvalue weighted by molar-refractivity contribution is 7.91. The molecule has 1 aromatic heterocycles. The van der Waals surface area contributed by atoms with Crippen molar-refractivity contribution in [2.45, 2.75) is 19.4 Å². The SMILES string of the molecule is CCOC(=O)c1n[nH]c(CC2CS(=O)(=O)CCN2)n1. The fourth-order valence-corrected chi connectivity index (χ4v) is 3.35. The quantitative estimate of drug-likeness (QED) is 0.677. The second-order valence-corrected chi connectivity index (χ2v) is 6.52. The Morgan fingerprint density at radius 2 is 2.32 bits per heavy atom. The molecule has 2 N–H and O–H groups in total. The Balaban J connectivity index is 1.98. The smallest absolute Gasteiger partial charge is 0.378 e. The van der Waals surface area contributed by atoms with Crippen LogP contribution in [0, 0.1) is 0 Å². The summed E-state index contributed by atoms with van der Waals surface area (Å²) in [5, 5.41) is 9.48. The van der Waals surface area contributed by atoms with Crippen LogP contribution in [0.15, 0.2) is 0 Å². The molecule has 1 aliphatic rings. The van der Waals surface area contributed by atoms with Crippen molar-refractivity contribution >= 4 is 15.8 Å². The van der Waals surface area contributed by atoms with Crippen LogP contribution in [0.3, 0.4) is 0 Å². The van der Waals surface area contributed by atoms with Gasteiger partial charge in [0.05, 0.1) is 18.1 Å². The topological polar surface area (TPSA) is 114 Å². The second-order valence-electron chi connectivity index (χ2n) is 4.30. The number of ether oxygens (including phenoxy) is 1. The first-order valence-electron chi connectivity index (χ1n) is 6.02. The number of sulfone groups is 1. The number of rotatable bonds is 4. The molecule has 9 heteroatoms. The van der Waals surface area contributed by atoms with Gasteiger partial charge in [-0.05, 0) is 6.92 Å². The lowest BCUT2D eigenvalue weighted by Crippen LogP contribution is -2.46. The number of nitrogens with one attached hydrogen (secondary N) is 2. The fraction of sp³-hybridized carbons (Fsp3) is 0.700. The Labute approximate surface area is 110 Å². The van der Waals surface area contributed by atoms with Gasteiger partial charge in [0.15, 0.2) is 9.84 Å². The van der Waals surface area contributed by atoms with E-state index in [-0.39, 0.29) is 30.0 Å². The molecule has 0 saturated carbocycles. The van der Waals surface area contributed by atoms with E-state index < -0.39 is 15.8 Å². The molecule has 1 saturated heterocycles. The lowest BCUT2D eigenvalue weighted by Gasteiger charge is -2.22. The summed E-state index contributed by atoms with van der Waals surface area (Å²) in [6.45, 7) is 2.39. The van der Waals surface area contributed by atoms with Crippen LogP contribution in [0.4, 0.5) is 0 Å². The van der Waals surface area contributed by atoms with Gasteiger partial charge < -0.3 is 10.1 Å². The van der Waals surface area contributed by atoms with Crippen LogP contribution >= 0.6 is 0 Å². The molecule has 0 aliphatic carbocycles. The molecule has 0 bridgehead atoms. The van der Waals surface area contributed by atoms with E-state index in [1.807, 2.05) is 0 Å². The molecule has 0 spiro atoms. The van der Waals surface area contributed by atoms with Crippen molar-refractivity contribution in [2.75, 3.05) is 24.7 Å². The van der Waals surface area contributed by atoms with Crippen LogP contribution in [0.5, 0.6) is 0 Å². The Morgan fingerprint density at radius 1 is 1.53 bits per heavy atom. The molecular weight excluding hydrogens is 272 g/mol. The third kappa shape index (κ3) is 3.74. The minimum absolute atomic E-state index is 0.0319. The molecule has 2 heterocycles. The van der Waals surface area contributed by atoms with E-state index in [0.29, 0.717) is 18.8 Å². The monoisotopic (exact) mass is 288 g/mol. The fourth-order valence-electron chi connectivity index (χ4n) is 1.91. The number of H-pyrrole nitrogens is 1. The van der Waals surface area contributed by atoms with Crippen LogP contribution in [0.25, 0.3) is 0 Å². The minimum atomic E-state index is -2.99. The molecule has 0 aromatic carbocycles. The average molecular weight is 288 g/mol. The summed E-state index contributed by atoms with van der Waals surface area (Å²) in [5.41, 5.74) is 0. The normalized spacial score (nSPS) is 22.1. The van der Waals surface area contributed by atoms with Gasteiger partial charge in [-0.25, -0.2) is 18.2 Å². The first-order valence-corrected chi connectivity index (χ1v) is 7.84. The average Bonchev–Trinajstić information content (AvgIpc) is 2.76. The van der Waals surface area contributed by atoms with Gasteiger partial charge in [-0.15, -0.1) is 5.10 Å². The number of carbonyl (C=O) groups excluding carboxylic acids is 1. The summed E-state index contributed by atoms with van der Waals surface area (Å²) in [5.74, 6) is 0.0820. The highest BCUT2D eigenvalue weighted by Crippen LogP contribution is 2.06. The number of aromatic amines is 1. The number of hydrogen-bond acceptors (Lipinski definition) is 7. The summed E-state index contributed by atoms with van der Waals surface area (Å²) in [7, 11) is -2.99. The van der Waals surface area contributed by atoms with Gasteiger partial charge in [0.2, 0.25) is 0 Å². The van der Waals surface area contributed by atoms with Crippen molar-refractivity contribution in [1.82, 2.24) is 20.5 Å². The number of aromatic nitrogens is 3. The van der Waals surface area contributed by atoms with Crippen LogP contribution in [0.1, 0.15) is 23.4 Å². The van der Waals surface area contributed by atoms with Gasteiger partial charge in [0.1, 0.15) is 5.82 Å². The van der Waals surface area contributed by atoms with Crippen LogP contribution in [-0.4, -0.2) is 60.3 Å². The van der Waals surface area contributed by atoms with E-state index in [0.717, 1.165) is 0 Å². The highest BCUT2D eigenvalue weighted by atomic mass is 32.2. The van der Waals surface area contributed by atoms with Crippen molar-refractivity contribution < 1.29 is 17.9 Å². The largest absolute Gasteiger partial charge is 0.460 e. The summed E-state index contributed by atoms with van der Waals surface area (Å²) in [6, 6.07) is -0.207. The third-order valence-electron chi connectivity index (χ3n) is 2.73. The molecule has 1 atom stereocenters. The predicted molar refractivity (Wildman–Crippen MR) is 66.5 cm³/mol. The van der Waals surface area contributed by atoms with Crippen molar-refractivity contribution in [3.63, 3.8) is 0 Å². The molecule has 0 amide bonds. The summed E-state index contributed by atoms with van der Waals surface area (Å²) >= 11 is 0. The molecular formula is C10H16N4O4S. The molecule has 1 aromatic rings. The van der Waals surface area contributed by atoms with Gasteiger partial charge in [0, 0.05) is 19.0 Å². The lowest BCUT2D eigenvalue weighted by molar-refractivity contribution is 0.0512. The Bertz CT molecular complexity index is 554. The third-order valence-corrected chi connectivity index (χ3v) is 4.47.